The number of aliphatic hydroxyl groups is 7. The van der Waals surface area contributed by atoms with Crippen LogP contribution in [0.1, 0.15) is 0 Å². The van der Waals surface area contributed by atoms with Crippen LogP contribution < -0.4 is 17.2 Å². The van der Waals surface area contributed by atoms with E-state index in [1.807, 2.05) is 0 Å². The third-order valence-corrected chi connectivity index (χ3v) is 6.58. The molecule has 16 nitrogen and oxygen atoms in total. The summed E-state index contributed by atoms with van der Waals surface area (Å²) in [6, 6.07) is -3.71. The molecule has 3 aliphatic rings. The van der Waals surface area contributed by atoms with Crippen LogP contribution in [-0.2, 0) is 28.4 Å². The van der Waals surface area contributed by atoms with Crippen molar-refractivity contribution in [3.8, 4) is 0 Å². The highest BCUT2D eigenvalue weighted by atomic mass is 16.7. The van der Waals surface area contributed by atoms with Gasteiger partial charge in [-0.3, -0.25) is 0 Å². The molecule has 0 aromatic rings. The first kappa shape index (κ1) is 28.9. The topological polar surface area (TPSA) is 275 Å². The molecule has 0 aromatic heterocycles. The Morgan fingerprint density at radius 1 is 0.600 bits per heavy atom. The molecule has 35 heavy (non-hydrogen) atoms. The monoisotopic (exact) mass is 515 g/mol. The van der Waals surface area contributed by atoms with Crippen molar-refractivity contribution in [2.45, 2.75) is 91.9 Å². The lowest BCUT2D eigenvalue weighted by molar-refractivity contribution is -0.348. The first-order valence-electron chi connectivity index (χ1n) is 11.2. The van der Waals surface area contributed by atoms with Crippen LogP contribution in [0, 0.1) is 0 Å². The van der Waals surface area contributed by atoms with Gasteiger partial charge in [0.2, 0.25) is 0 Å². The minimum Gasteiger partial charge on any atom is -0.394 e. The molecule has 0 aliphatic carbocycles. The van der Waals surface area contributed by atoms with E-state index in [9.17, 15) is 35.7 Å². The minimum absolute atomic E-state index is 0.515. The van der Waals surface area contributed by atoms with Crippen molar-refractivity contribution in [2.75, 3.05) is 26.9 Å². The smallest absolute Gasteiger partial charge is 0.176 e. The van der Waals surface area contributed by atoms with Gasteiger partial charge in [0.1, 0.15) is 54.9 Å². The molecule has 0 amide bonds. The molecule has 13 N–H and O–H groups in total. The van der Waals surface area contributed by atoms with E-state index in [4.69, 9.17) is 45.6 Å². The van der Waals surface area contributed by atoms with Gasteiger partial charge in [0.25, 0.3) is 0 Å². The van der Waals surface area contributed by atoms with Crippen LogP contribution in [0.15, 0.2) is 0 Å². The zero-order chi connectivity index (χ0) is 26.0. The predicted octanol–water partition coefficient (Wildman–Crippen LogP) is -7.02. The molecular weight excluding hydrogens is 478 g/mol. The Hall–Kier alpha value is -0.640. The van der Waals surface area contributed by atoms with E-state index >= 15 is 0 Å². The zero-order valence-electron chi connectivity index (χ0n) is 19.1. The molecule has 15 unspecified atom stereocenters. The van der Waals surface area contributed by atoms with Gasteiger partial charge in [-0.2, -0.15) is 0 Å². The molecule has 0 bridgehead atoms. The number of nitrogens with two attached hydrogens (primary N) is 3. The van der Waals surface area contributed by atoms with Crippen molar-refractivity contribution in [2.24, 2.45) is 17.2 Å². The standard InChI is InChI=1S/C19H37N3O13/c1-30-14-5(2-23)32-18(9(21)12(14)27)35-16-7(4-25)33-19(10(22)13(16)28)34-15-6(3-24)31-17(29)8(20)11(15)26/h5-19,23-29H,2-4,20-22H2,1H3. The summed E-state index contributed by atoms with van der Waals surface area (Å²) >= 11 is 0. The molecule has 0 radical (unpaired) electrons. The lowest BCUT2D eigenvalue weighted by atomic mass is 9.94. The van der Waals surface area contributed by atoms with Crippen LogP contribution >= 0.6 is 0 Å². The van der Waals surface area contributed by atoms with Crippen molar-refractivity contribution >= 4 is 0 Å². The molecule has 3 rings (SSSR count). The quantitative estimate of drug-likeness (QED) is 0.144. The highest BCUT2D eigenvalue weighted by molar-refractivity contribution is 4.98. The number of rotatable bonds is 8. The second-order valence-electron chi connectivity index (χ2n) is 8.80. The summed E-state index contributed by atoms with van der Waals surface area (Å²) < 4.78 is 33.0. The third-order valence-electron chi connectivity index (χ3n) is 6.58. The Balaban J connectivity index is 1.72. The summed E-state index contributed by atoms with van der Waals surface area (Å²) in [5, 5.41) is 70.5. The van der Waals surface area contributed by atoms with Gasteiger partial charge in [-0.15, -0.1) is 0 Å². The Bertz CT molecular complexity index is 661. The first-order chi connectivity index (χ1) is 16.6. The lowest BCUT2D eigenvalue weighted by Gasteiger charge is -2.48. The second kappa shape index (κ2) is 12.3. The summed E-state index contributed by atoms with van der Waals surface area (Å²) in [6.45, 7) is -1.83. The Labute approximate surface area is 201 Å². The van der Waals surface area contributed by atoms with Crippen LogP contribution in [0.3, 0.4) is 0 Å². The van der Waals surface area contributed by atoms with E-state index in [2.05, 4.69) is 0 Å². The third kappa shape index (κ3) is 5.78. The number of ether oxygens (including phenoxy) is 6. The molecule has 0 saturated carbocycles. The van der Waals surface area contributed by atoms with E-state index in [0.717, 1.165) is 0 Å². The second-order valence-corrected chi connectivity index (χ2v) is 8.80. The van der Waals surface area contributed by atoms with Gasteiger partial charge < -0.3 is 81.4 Å². The number of hydrogen-bond acceptors (Lipinski definition) is 16. The highest BCUT2D eigenvalue weighted by Crippen LogP contribution is 2.31. The van der Waals surface area contributed by atoms with Crippen molar-refractivity contribution in [3.63, 3.8) is 0 Å². The molecular formula is C19H37N3O13. The van der Waals surface area contributed by atoms with Crippen LogP contribution in [0.5, 0.6) is 0 Å². The van der Waals surface area contributed by atoms with Gasteiger partial charge >= 0.3 is 0 Å². The largest absolute Gasteiger partial charge is 0.394 e. The van der Waals surface area contributed by atoms with Crippen molar-refractivity contribution in [1.29, 1.82) is 0 Å². The Morgan fingerprint density at radius 2 is 0.971 bits per heavy atom. The fraction of sp³-hybridized carbons (Fsp3) is 1.00. The maximum Gasteiger partial charge on any atom is 0.176 e. The van der Waals surface area contributed by atoms with E-state index in [1.165, 1.54) is 7.11 Å². The number of aliphatic hydroxyl groups excluding tert-OH is 7. The van der Waals surface area contributed by atoms with Crippen LogP contribution in [0.25, 0.3) is 0 Å². The number of methoxy groups -OCH3 is 1. The normalized spacial score (nSPS) is 51.3. The average Bonchev–Trinajstić information content (AvgIpc) is 2.85. The molecule has 0 spiro atoms. The van der Waals surface area contributed by atoms with Gasteiger partial charge in [-0.25, -0.2) is 0 Å². The molecule has 0 aromatic carbocycles. The summed E-state index contributed by atoms with van der Waals surface area (Å²) in [5.41, 5.74) is 17.8. The van der Waals surface area contributed by atoms with Crippen LogP contribution in [0.4, 0.5) is 0 Å². The molecule has 3 fully saturated rings. The fourth-order valence-electron chi connectivity index (χ4n) is 4.46. The van der Waals surface area contributed by atoms with Crippen molar-refractivity contribution in [3.05, 3.63) is 0 Å². The highest BCUT2D eigenvalue weighted by Gasteiger charge is 2.52. The van der Waals surface area contributed by atoms with Crippen molar-refractivity contribution < 1.29 is 64.2 Å². The SMILES string of the molecule is COC1C(CO)OC(OC2C(CO)OC(OC3C(CO)OC(O)C(N)C3O)C(N)C2O)C(N)C1O. The van der Waals surface area contributed by atoms with E-state index in [0.29, 0.717) is 0 Å². The van der Waals surface area contributed by atoms with Crippen molar-refractivity contribution in [1.82, 2.24) is 0 Å². The summed E-state index contributed by atoms with van der Waals surface area (Å²) in [7, 11) is 1.32. The minimum atomic E-state index is -1.55. The van der Waals surface area contributed by atoms with E-state index < -0.39 is 112 Å². The fourth-order valence-corrected chi connectivity index (χ4v) is 4.46. The Kier molecular flexibility index (Phi) is 10.1. The molecule has 16 heteroatoms. The maximum absolute atomic E-state index is 10.9. The molecule has 15 atom stereocenters. The summed E-state index contributed by atoms with van der Waals surface area (Å²) in [6.07, 6.45) is -15.5. The maximum atomic E-state index is 10.9. The first-order valence-corrected chi connectivity index (χ1v) is 11.2. The molecule has 3 saturated heterocycles. The average molecular weight is 516 g/mol. The zero-order valence-corrected chi connectivity index (χ0v) is 19.1. The Morgan fingerprint density at radius 3 is 1.40 bits per heavy atom. The molecule has 3 aliphatic heterocycles. The van der Waals surface area contributed by atoms with Gasteiger partial charge in [-0.05, 0) is 0 Å². The lowest BCUT2D eigenvalue weighted by Crippen LogP contribution is -2.69. The van der Waals surface area contributed by atoms with Gasteiger partial charge in [0.05, 0.1) is 37.9 Å². The van der Waals surface area contributed by atoms with Gasteiger partial charge in [-0.1, -0.05) is 0 Å². The summed E-state index contributed by atoms with van der Waals surface area (Å²) in [5.74, 6) is 0. The van der Waals surface area contributed by atoms with Gasteiger partial charge in [0, 0.05) is 7.11 Å². The van der Waals surface area contributed by atoms with E-state index in [-0.39, 0.29) is 0 Å². The predicted molar refractivity (Wildman–Crippen MR) is 112 cm³/mol. The number of hydrogen-bond donors (Lipinski definition) is 10. The summed E-state index contributed by atoms with van der Waals surface area (Å²) in [4.78, 5) is 0. The van der Waals surface area contributed by atoms with Crippen LogP contribution in [-0.4, -0.2) is 155 Å². The molecule has 206 valence electrons. The van der Waals surface area contributed by atoms with E-state index in [1.54, 1.807) is 0 Å². The van der Waals surface area contributed by atoms with Gasteiger partial charge in [0.15, 0.2) is 18.9 Å². The molecule has 3 heterocycles. The van der Waals surface area contributed by atoms with Crippen LogP contribution in [0.2, 0.25) is 0 Å².